The summed E-state index contributed by atoms with van der Waals surface area (Å²) in [5, 5.41) is 10.7. The van der Waals surface area contributed by atoms with Gasteiger partial charge in [-0.2, -0.15) is 5.26 Å². The van der Waals surface area contributed by atoms with E-state index in [1.807, 2.05) is 18.2 Å². The minimum absolute atomic E-state index is 0.300. The van der Waals surface area contributed by atoms with Crippen molar-refractivity contribution in [2.75, 3.05) is 12.4 Å². The van der Waals surface area contributed by atoms with Crippen LogP contribution in [0.5, 0.6) is 5.75 Å². The Morgan fingerprint density at radius 3 is 3.15 bits per heavy atom. The van der Waals surface area contributed by atoms with Crippen molar-refractivity contribution in [2.45, 2.75) is 17.9 Å². The molecular weight excluding hydrogens is 272 g/mol. The predicted molar refractivity (Wildman–Crippen MR) is 77.1 cm³/mol. The highest BCUT2D eigenvalue weighted by atomic mass is 32.2. The van der Waals surface area contributed by atoms with Gasteiger partial charge in [0.2, 0.25) is 0 Å². The number of thioether (sulfide) groups is 1. The molecule has 0 saturated heterocycles. The summed E-state index contributed by atoms with van der Waals surface area (Å²) >= 11 is 1.28. The molecule has 0 unspecified atom stereocenters. The lowest BCUT2D eigenvalue weighted by Crippen LogP contribution is -2.08. The van der Waals surface area contributed by atoms with Crippen LogP contribution in [0.3, 0.4) is 0 Å². The Kier molecular flexibility index (Phi) is 3.57. The van der Waals surface area contributed by atoms with Crippen LogP contribution >= 0.6 is 11.8 Å². The molecule has 0 bridgehead atoms. The van der Waals surface area contributed by atoms with Crippen LogP contribution in [0.15, 0.2) is 23.2 Å². The Morgan fingerprint density at radius 2 is 2.35 bits per heavy atom. The summed E-state index contributed by atoms with van der Waals surface area (Å²) < 4.78 is 5.64. The number of aryl methyl sites for hydroxylation is 1. The fourth-order valence-corrected chi connectivity index (χ4v) is 2.96. The Balaban J connectivity index is 2.13. The van der Waals surface area contributed by atoms with E-state index < -0.39 is 0 Å². The molecule has 2 heterocycles. The van der Waals surface area contributed by atoms with E-state index in [0.29, 0.717) is 16.3 Å². The number of ether oxygens (including phenoxy) is 1. The van der Waals surface area contributed by atoms with Gasteiger partial charge >= 0.3 is 0 Å². The van der Waals surface area contributed by atoms with Crippen LogP contribution in [-0.2, 0) is 11.2 Å². The van der Waals surface area contributed by atoms with E-state index in [4.69, 9.17) is 4.74 Å². The van der Waals surface area contributed by atoms with Crippen molar-refractivity contribution in [1.82, 2.24) is 4.98 Å². The lowest BCUT2D eigenvalue weighted by molar-refractivity contribution is -0.105. The van der Waals surface area contributed by atoms with Crippen LogP contribution in [0.1, 0.15) is 17.5 Å². The van der Waals surface area contributed by atoms with E-state index in [2.05, 4.69) is 11.1 Å². The number of rotatable bonds is 3. The molecule has 4 nitrogen and oxygen atoms in total. The predicted octanol–water partition coefficient (Wildman–Crippen LogP) is 2.72. The SMILES string of the molecule is N#Cc1cc2cc3c(cc2nc1SCC=O)OCCC3. The number of benzene rings is 1. The zero-order chi connectivity index (χ0) is 13.9. The third kappa shape index (κ3) is 2.35. The van der Waals surface area contributed by atoms with Crippen molar-refractivity contribution in [3.63, 3.8) is 0 Å². The van der Waals surface area contributed by atoms with E-state index in [9.17, 15) is 10.1 Å². The minimum atomic E-state index is 0.300. The van der Waals surface area contributed by atoms with Gasteiger partial charge in [0, 0.05) is 11.5 Å². The number of nitriles is 1. The highest BCUT2D eigenvalue weighted by Crippen LogP contribution is 2.31. The fraction of sp³-hybridized carbons (Fsp3) is 0.267. The Bertz CT molecular complexity index is 722. The molecule has 20 heavy (non-hydrogen) atoms. The lowest BCUT2D eigenvalue weighted by Gasteiger charge is -2.17. The van der Waals surface area contributed by atoms with Gasteiger partial charge in [-0.15, -0.1) is 0 Å². The number of carbonyl (C=O) groups is 1. The van der Waals surface area contributed by atoms with Gasteiger partial charge < -0.3 is 9.53 Å². The molecule has 1 aliphatic heterocycles. The Morgan fingerprint density at radius 1 is 1.45 bits per heavy atom. The molecule has 100 valence electrons. The minimum Gasteiger partial charge on any atom is -0.493 e. The van der Waals surface area contributed by atoms with Crippen molar-refractivity contribution >= 4 is 29.0 Å². The first kappa shape index (κ1) is 12.9. The Hall–Kier alpha value is -2.06. The van der Waals surface area contributed by atoms with Crippen molar-refractivity contribution in [1.29, 1.82) is 5.26 Å². The molecule has 1 aromatic carbocycles. The number of aldehydes is 1. The maximum absolute atomic E-state index is 10.5. The molecule has 5 heteroatoms. The third-order valence-electron chi connectivity index (χ3n) is 3.22. The molecule has 0 atom stereocenters. The van der Waals surface area contributed by atoms with Gasteiger partial charge in [-0.1, -0.05) is 11.8 Å². The largest absolute Gasteiger partial charge is 0.493 e. The first-order valence-corrected chi connectivity index (χ1v) is 7.37. The maximum Gasteiger partial charge on any atom is 0.130 e. The highest BCUT2D eigenvalue weighted by molar-refractivity contribution is 7.99. The van der Waals surface area contributed by atoms with Crippen LogP contribution in [-0.4, -0.2) is 23.6 Å². The zero-order valence-electron chi connectivity index (χ0n) is 10.8. The van der Waals surface area contributed by atoms with E-state index in [1.165, 1.54) is 17.3 Å². The normalized spacial score (nSPS) is 13.3. The van der Waals surface area contributed by atoms with Gasteiger partial charge in [0.1, 0.15) is 23.1 Å². The quantitative estimate of drug-likeness (QED) is 0.640. The van der Waals surface area contributed by atoms with Gasteiger partial charge in [0.25, 0.3) is 0 Å². The lowest BCUT2D eigenvalue weighted by atomic mass is 10.0. The summed E-state index contributed by atoms with van der Waals surface area (Å²) in [4.78, 5) is 15.0. The van der Waals surface area contributed by atoms with Crippen molar-refractivity contribution < 1.29 is 9.53 Å². The highest BCUT2D eigenvalue weighted by Gasteiger charge is 2.14. The molecule has 0 radical (unpaired) electrons. The molecule has 0 fully saturated rings. The number of aromatic nitrogens is 1. The number of fused-ring (bicyclic) bond motifs is 2. The molecule has 1 aliphatic rings. The molecule has 0 saturated carbocycles. The van der Waals surface area contributed by atoms with Gasteiger partial charge in [0.05, 0.1) is 23.4 Å². The monoisotopic (exact) mass is 284 g/mol. The van der Waals surface area contributed by atoms with Crippen molar-refractivity contribution in [3.8, 4) is 11.8 Å². The summed E-state index contributed by atoms with van der Waals surface area (Å²) in [7, 11) is 0. The maximum atomic E-state index is 10.5. The molecule has 0 spiro atoms. The van der Waals surface area contributed by atoms with E-state index in [0.717, 1.165) is 42.4 Å². The number of hydrogen-bond acceptors (Lipinski definition) is 5. The van der Waals surface area contributed by atoms with E-state index in [1.54, 1.807) is 0 Å². The van der Waals surface area contributed by atoms with E-state index >= 15 is 0 Å². The zero-order valence-corrected chi connectivity index (χ0v) is 11.6. The van der Waals surface area contributed by atoms with Crippen LogP contribution < -0.4 is 4.74 Å². The number of nitrogens with zero attached hydrogens (tertiary/aromatic N) is 2. The Labute approximate surface area is 120 Å². The molecule has 0 N–H and O–H groups in total. The third-order valence-corrected chi connectivity index (χ3v) is 4.11. The van der Waals surface area contributed by atoms with Crippen molar-refractivity contribution in [3.05, 3.63) is 29.3 Å². The second-order valence-corrected chi connectivity index (χ2v) is 5.54. The van der Waals surface area contributed by atoms with Gasteiger partial charge in [0.15, 0.2) is 0 Å². The summed E-state index contributed by atoms with van der Waals surface area (Å²) in [6.45, 7) is 0.738. The number of hydrogen-bond donors (Lipinski definition) is 0. The molecular formula is C15H12N2O2S. The van der Waals surface area contributed by atoms with Crippen LogP contribution in [0, 0.1) is 11.3 Å². The average molecular weight is 284 g/mol. The smallest absolute Gasteiger partial charge is 0.130 e. The van der Waals surface area contributed by atoms with Gasteiger partial charge in [-0.05, 0) is 30.5 Å². The van der Waals surface area contributed by atoms with Gasteiger partial charge in [-0.3, -0.25) is 0 Å². The summed E-state index contributed by atoms with van der Waals surface area (Å²) in [5.41, 5.74) is 2.49. The van der Waals surface area contributed by atoms with Crippen molar-refractivity contribution in [2.24, 2.45) is 0 Å². The number of carbonyl (C=O) groups excluding carboxylic acids is 1. The molecule has 0 amide bonds. The molecule has 1 aromatic heterocycles. The number of pyridine rings is 1. The molecule has 2 aromatic rings. The van der Waals surface area contributed by atoms with Crippen LogP contribution in [0.4, 0.5) is 0 Å². The molecule has 0 aliphatic carbocycles. The van der Waals surface area contributed by atoms with E-state index in [-0.39, 0.29) is 0 Å². The summed E-state index contributed by atoms with van der Waals surface area (Å²) in [6, 6.07) is 7.96. The first-order chi connectivity index (χ1) is 9.81. The summed E-state index contributed by atoms with van der Waals surface area (Å²) in [5.74, 6) is 1.18. The van der Waals surface area contributed by atoms with Gasteiger partial charge in [-0.25, -0.2) is 4.98 Å². The fourth-order valence-electron chi connectivity index (χ4n) is 2.31. The second-order valence-electron chi connectivity index (χ2n) is 4.54. The van der Waals surface area contributed by atoms with Crippen LogP contribution in [0.2, 0.25) is 0 Å². The van der Waals surface area contributed by atoms with Crippen LogP contribution in [0.25, 0.3) is 10.9 Å². The summed E-state index contributed by atoms with van der Waals surface area (Å²) in [6.07, 6.45) is 2.83. The standard InChI is InChI=1S/C15H12N2O2S/c16-9-12-7-11-6-10-2-1-4-19-14(10)8-13(11)17-15(12)20-5-3-18/h3,6-8H,1-2,4-5H2. The average Bonchev–Trinajstić information content (AvgIpc) is 2.49. The molecule has 3 rings (SSSR count). The first-order valence-electron chi connectivity index (χ1n) is 6.39. The topological polar surface area (TPSA) is 63.0 Å². The second kappa shape index (κ2) is 5.51.